The van der Waals surface area contributed by atoms with Crippen LogP contribution >= 0.6 is 0 Å². The Labute approximate surface area is 160 Å². The van der Waals surface area contributed by atoms with Crippen LogP contribution in [-0.2, 0) is 6.54 Å². The first kappa shape index (κ1) is 18.9. The van der Waals surface area contributed by atoms with Gasteiger partial charge >= 0.3 is 6.09 Å². The number of aromatic nitrogens is 1. The zero-order valence-electron chi connectivity index (χ0n) is 16.0. The molecule has 6 nitrogen and oxygen atoms in total. The smallest absolute Gasteiger partial charge is 0.408 e. The van der Waals surface area contributed by atoms with Gasteiger partial charge in [0.05, 0.1) is 11.8 Å². The Hall–Kier alpha value is -2.91. The van der Waals surface area contributed by atoms with Crippen molar-refractivity contribution < 1.29 is 9.53 Å². The van der Waals surface area contributed by atoms with Crippen molar-refractivity contribution in [3.63, 3.8) is 0 Å². The van der Waals surface area contributed by atoms with Gasteiger partial charge in [-0.2, -0.15) is 5.26 Å². The summed E-state index contributed by atoms with van der Waals surface area (Å²) < 4.78 is 5.41. The number of nitrogens with zero attached hydrogens (tertiary/aromatic N) is 4. The fourth-order valence-electron chi connectivity index (χ4n) is 3.37. The average molecular weight is 364 g/mol. The van der Waals surface area contributed by atoms with Gasteiger partial charge in [0.15, 0.2) is 5.75 Å². The minimum absolute atomic E-state index is 0.0449. The van der Waals surface area contributed by atoms with E-state index < -0.39 is 6.09 Å². The topological polar surface area (TPSA) is 69.5 Å². The van der Waals surface area contributed by atoms with E-state index in [-0.39, 0.29) is 6.04 Å². The Bertz CT molecular complexity index is 875. The molecule has 1 saturated heterocycles. The van der Waals surface area contributed by atoms with E-state index >= 15 is 0 Å². The molecule has 3 rings (SSSR count). The number of aryl methyl sites for hydroxylation is 1. The average Bonchev–Trinajstić information content (AvgIpc) is 2.65. The van der Waals surface area contributed by atoms with Crippen molar-refractivity contribution in [1.29, 1.82) is 5.26 Å². The molecule has 1 aliphatic rings. The molecule has 0 unspecified atom stereocenters. The minimum Gasteiger partial charge on any atom is -0.408 e. The van der Waals surface area contributed by atoms with Crippen LogP contribution in [0, 0.1) is 25.2 Å². The second-order valence-electron chi connectivity index (χ2n) is 7.03. The van der Waals surface area contributed by atoms with Gasteiger partial charge < -0.3 is 9.64 Å². The van der Waals surface area contributed by atoms with Crippen LogP contribution in [0.15, 0.2) is 36.7 Å². The zero-order valence-corrected chi connectivity index (χ0v) is 16.0. The van der Waals surface area contributed by atoms with E-state index in [1.165, 1.54) is 35.2 Å². The second kappa shape index (κ2) is 8.19. The Kier molecular flexibility index (Phi) is 5.72. The van der Waals surface area contributed by atoms with E-state index in [9.17, 15) is 4.79 Å². The van der Waals surface area contributed by atoms with Gasteiger partial charge in [0, 0.05) is 44.5 Å². The van der Waals surface area contributed by atoms with Crippen molar-refractivity contribution >= 4 is 6.09 Å². The quantitative estimate of drug-likeness (QED) is 0.836. The summed E-state index contributed by atoms with van der Waals surface area (Å²) in [6.07, 6.45) is 2.48. The van der Waals surface area contributed by atoms with Gasteiger partial charge in [-0.25, -0.2) is 4.79 Å². The van der Waals surface area contributed by atoms with E-state index in [2.05, 4.69) is 41.9 Å². The summed E-state index contributed by atoms with van der Waals surface area (Å²) in [6, 6.07) is 9.95. The van der Waals surface area contributed by atoms with Crippen molar-refractivity contribution in [2.45, 2.75) is 33.4 Å². The minimum atomic E-state index is -0.397. The molecule has 0 bridgehead atoms. The SMILES string of the molecule is Cc1cccc(CN2CCN(C(=O)Oc3cncc(C#N)c3)[C@H](C)C2)c1C. The molecular formula is C21H24N4O2. The fourth-order valence-corrected chi connectivity index (χ4v) is 3.37. The number of amides is 1. The van der Waals surface area contributed by atoms with E-state index in [1.54, 1.807) is 4.90 Å². The Morgan fingerprint density at radius 1 is 1.33 bits per heavy atom. The number of piperazine rings is 1. The molecule has 6 heteroatoms. The molecule has 0 spiro atoms. The van der Waals surface area contributed by atoms with Gasteiger partial charge in [0.2, 0.25) is 0 Å². The molecule has 1 amide bonds. The van der Waals surface area contributed by atoms with Crippen LogP contribution in [-0.4, -0.2) is 46.6 Å². The second-order valence-corrected chi connectivity index (χ2v) is 7.03. The van der Waals surface area contributed by atoms with Crippen LogP contribution in [0.25, 0.3) is 0 Å². The molecule has 0 radical (unpaired) electrons. The first-order valence-corrected chi connectivity index (χ1v) is 9.09. The van der Waals surface area contributed by atoms with Gasteiger partial charge in [-0.15, -0.1) is 0 Å². The number of rotatable bonds is 3. The lowest BCUT2D eigenvalue weighted by Gasteiger charge is -2.39. The molecular weight excluding hydrogens is 340 g/mol. The maximum Gasteiger partial charge on any atom is 0.415 e. The summed E-state index contributed by atoms with van der Waals surface area (Å²) in [5.41, 5.74) is 4.33. The van der Waals surface area contributed by atoms with Crippen LogP contribution in [0.4, 0.5) is 4.79 Å². The molecule has 1 fully saturated rings. The molecule has 140 valence electrons. The number of ether oxygens (including phenoxy) is 1. The number of hydrogen-bond donors (Lipinski definition) is 0. The first-order valence-electron chi connectivity index (χ1n) is 9.09. The number of carbonyl (C=O) groups is 1. The fraction of sp³-hybridized carbons (Fsp3) is 0.381. The lowest BCUT2D eigenvalue weighted by Crippen LogP contribution is -2.54. The first-order chi connectivity index (χ1) is 13.0. The monoisotopic (exact) mass is 364 g/mol. The van der Waals surface area contributed by atoms with Crippen LogP contribution in [0.2, 0.25) is 0 Å². The summed E-state index contributed by atoms with van der Waals surface area (Å²) in [5, 5.41) is 8.93. The van der Waals surface area contributed by atoms with E-state index in [0.29, 0.717) is 17.9 Å². The van der Waals surface area contributed by atoms with Gasteiger partial charge in [-0.05, 0) is 37.5 Å². The van der Waals surface area contributed by atoms with Gasteiger partial charge in [0.25, 0.3) is 0 Å². The van der Waals surface area contributed by atoms with Gasteiger partial charge in [0.1, 0.15) is 6.07 Å². The van der Waals surface area contributed by atoms with Crippen molar-refractivity contribution in [2.75, 3.05) is 19.6 Å². The summed E-state index contributed by atoms with van der Waals surface area (Å²) in [6.45, 7) is 9.39. The van der Waals surface area contributed by atoms with Crippen LogP contribution in [0.5, 0.6) is 5.75 Å². The maximum atomic E-state index is 12.5. The molecule has 1 atom stereocenters. The molecule has 0 saturated carbocycles. The third-order valence-corrected chi connectivity index (χ3v) is 5.10. The van der Waals surface area contributed by atoms with Gasteiger partial charge in [-0.3, -0.25) is 9.88 Å². The molecule has 2 aromatic rings. The van der Waals surface area contributed by atoms with Crippen LogP contribution < -0.4 is 4.74 Å². The molecule has 0 N–H and O–H groups in total. The highest BCUT2D eigenvalue weighted by molar-refractivity contribution is 5.71. The third-order valence-electron chi connectivity index (χ3n) is 5.10. The number of benzene rings is 1. The maximum absolute atomic E-state index is 12.5. The highest BCUT2D eigenvalue weighted by atomic mass is 16.6. The van der Waals surface area contributed by atoms with E-state index in [0.717, 1.165) is 19.6 Å². The van der Waals surface area contributed by atoms with E-state index in [1.807, 2.05) is 13.0 Å². The number of hydrogen-bond acceptors (Lipinski definition) is 5. The summed E-state index contributed by atoms with van der Waals surface area (Å²) in [7, 11) is 0. The molecule has 1 aromatic heterocycles. The molecule has 1 aromatic carbocycles. The Balaban J connectivity index is 1.60. The number of nitriles is 1. The van der Waals surface area contributed by atoms with Crippen molar-refractivity contribution in [2.24, 2.45) is 0 Å². The van der Waals surface area contributed by atoms with Crippen molar-refractivity contribution in [3.8, 4) is 11.8 Å². The third kappa shape index (κ3) is 4.44. The zero-order chi connectivity index (χ0) is 19.4. The lowest BCUT2D eigenvalue weighted by atomic mass is 10.0. The Morgan fingerprint density at radius 3 is 2.89 bits per heavy atom. The highest BCUT2D eigenvalue weighted by Crippen LogP contribution is 2.19. The summed E-state index contributed by atoms with van der Waals surface area (Å²) in [4.78, 5) is 20.5. The number of pyridine rings is 1. The van der Waals surface area contributed by atoms with Gasteiger partial charge in [-0.1, -0.05) is 18.2 Å². The largest absolute Gasteiger partial charge is 0.415 e. The standard InChI is InChI=1S/C21H24N4O2/c1-15-5-4-6-19(17(15)3)14-24-7-8-25(16(2)13-24)21(26)27-20-9-18(10-22)11-23-12-20/h4-6,9,11-12,16H,7-8,13-14H2,1-3H3/t16-/m1/s1. The van der Waals surface area contributed by atoms with Crippen LogP contribution in [0.1, 0.15) is 29.2 Å². The molecule has 1 aliphatic heterocycles. The van der Waals surface area contributed by atoms with Crippen molar-refractivity contribution in [3.05, 3.63) is 58.9 Å². The lowest BCUT2D eigenvalue weighted by molar-refractivity contribution is 0.0751. The summed E-state index contributed by atoms with van der Waals surface area (Å²) in [5.74, 6) is 0.295. The van der Waals surface area contributed by atoms with Crippen molar-refractivity contribution in [1.82, 2.24) is 14.8 Å². The normalized spacial score (nSPS) is 17.4. The molecule has 27 heavy (non-hydrogen) atoms. The van der Waals surface area contributed by atoms with E-state index in [4.69, 9.17) is 10.00 Å². The molecule has 0 aliphatic carbocycles. The Morgan fingerprint density at radius 2 is 2.15 bits per heavy atom. The highest BCUT2D eigenvalue weighted by Gasteiger charge is 2.29. The predicted octanol–water partition coefficient (Wildman–Crippen LogP) is 3.28. The summed E-state index contributed by atoms with van der Waals surface area (Å²) >= 11 is 0. The molecule has 2 heterocycles. The number of carbonyl (C=O) groups excluding carboxylic acids is 1. The predicted molar refractivity (Wildman–Crippen MR) is 102 cm³/mol. The van der Waals surface area contributed by atoms with Crippen LogP contribution in [0.3, 0.4) is 0 Å².